The number of carbonyl (C=O) groups is 1. The van der Waals surface area contributed by atoms with Crippen LogP contribution in [0, 0.1) is 0 Å². The molecule has 1 aromatic carbocycles. The number of benzene rings is 1. The highest BCUT2D eigenvalue weighted by atomic mass is 32.2. The first-order valence-corrected chi connectivity index (χ1v) is 8.76. The topological polar surface area (TPSA) is 51.2 Å². The fourth-order valence-electron chi connectivity index (χ4n) is 2.34. The van der Waals surface area contributed by atoms with E-state index in [-0.39, 0.29) is 11.8 Å². The second-order valence-corrected chi connectivity index (χ2v) is 6.67. The number of amides is 1. The van der Waals surface area contributed by atoms with E-state index in [4.69, 9.17) is 4.74 Å². The Morgan fingerprint density at radius 1 is 1.24 bits per heavy atom. The lowest BCUT2D eigenvalue weighted by Gasteiger charge is -2.12. The summed E-state index contributed by atoms with van der Waals surface area (Å²) in [6, 6.07) is 7.34. The number of carbonyl (C=O) groups excluding carboxylic acids is 1. The smallest absolute Gasteiger partial charge is 0.416 e. The molecular weight excluding hydrogens is 353 g/mol. The predicted octanol–water partition coefficient (Wildman–Crippen LogP) is 4.24. The van der Waals surface area contributed by atoms with E-state index in [0.29, 0.717) is 11.4 Å². The van der Waals surface area contributed by atoms with Crippen molar-refractivity contribution in [3.63, 3.8) is 0 Å². The monoisotopic (exact) mass is 368 g/mol. The zero-order valence-electron chi connectivity index (χ0n) is 13.0. The molecule has 1 aliphatic rings. The lowest BCUT2D eigenvalue weighted by molar-refractivity contribution is -0.137. The molecule has 132 valence electrons. The summed E-state index contributed by atoms with van der Waals surface area (Å²) in [6.07, 6.45) is -1.91. The molecular formula is C17H15F3N2O2S. The lowest BCUT2D eigenvalue weighted by Crippen LogP contribution is -2.17. The Balaban J connectivity index is 1.66. The first-order valence-electron chi connectivity index (χ1n) is 7.61. The first-order chi connectivity index (χ1) is 11.9. The molecule has 1 aromatic heterocycles. The Morgan fingerprint density at radius 2 is 2.00 bits per heavy atom. The number of thioether (sulfide) groups is 1. The van der Waals surface area contributed by atoms with Gasteiger partial charge in [0.25, 0.3) is 5.91 Å². The minimum absolute atomic E-state index is 0.0886. The molecule has 0 saturated carbocycles. The number of halogens is 3. The van der Waals surface area contributed by atoms with Crippen LogP contribution in [0.5, 0.6) is 5.88 Å². The summed E-state index contributed by atoms with van der Waals surface area (Å²) >= 11 is 1.80. The van der Waals surface area contributed by atoms with E-state index in [2.05, 4.69) is 10.3 Å². The summed E-state index contributed by atoms with van der Waals surface area (Å²) in [5, 5.41) is 2.56. The Bertz CT molecular complexity index is 744. The van der Waals surface area contributed by atoms with Crippen molar-refractivity contribution in [1.82, 2.24) is 4.98 Å². The average molecular weight is 368 g/mol. The van der Waals surface area contributed by atoms with Crippen LogP contribution in [0.15, 0.2) is 42.6 Å². The second-order valence-electron chi connectivity index (χ2n) is 5.52. The number of aromatic nitrogens is 1. The number of alkyl halides is 3. The van der Waals surface area contributed by atoms with Crippen molar-refractivity contribution in [3.8, 4) is 5.88 Å². The van der Waals surface area contributed by atoms with E-state index < -0.39 is 17.6 Å². The normalized spacial score (nSPS) is 17.3. The molecule has 0 bridgehead atoms. The fraction of sp³-hybridized carbons (Fsp3) is 0.294. The van der Waals surface area contributed by atoms with Gasteiger partial charge in [0.15, 0.2) is 0 Å². The molecule has 0 spiro atoms. The van der Waals surface area contributed by atoms with Gasteiger partial charge in [-0.25, -0.2) is 4.98 Å². The van der Waals surface area contributed by atoms with Gasteiger partial charge in [0.2, 0.25) is 5.88 Å². The molecule has 0 aliphatic carbocycles. The standard InChI is InChI=1S/C17H15F3N2O2S/c18-17(19,20)12-1-3-13(4-2-12)22-16(23)11-5-7-21-15(9-11)24-14-6-8-25-10-14/h1-5,7,9,14H,6,8,10H2,(H,22,23)/t14-/m1/s1. The van der Waals surface area contributed by atoms with Gasteiger partial charge in [0, 0.05) is 29.3 Å². The van der Waals surface area contributed by atoms with Crippen LogP contribution in [0.1, 0.15) is 22.3 Å². The molecule has 1 fully saturated rings. The number of ether oxygens (including phenoxy) is 1. The van der Waals surface area contributed by atoms with Gasteiger partial charge in [0.05, 0.1) is 5.56 Å². The number of nitrogens with one attached hydrogen (secondary N) is 1. The maximum absolute atomic E-state index is 12.5. The number of hydrogen-bond donors (Lipinski definition) is 1. The van der Waals surface area contributed by atoms with Crippen molar-refractivity contribution in [3.05, 3.63) is 53.7 Å². The zero-order valence-corrected chi connectivity index (χ0v) is 13.9. The quantitative estimate of drug-likeness (QED) is 0.877. The molecule has 2 aromatic rings. The van der Waals surface area contributed by atoms with Crippen LogP contribution in [0.2, 0.25) is 0 Å². The van der Waals surface area contributed by atoms with E-state index >= 15 is 0 Å². The molecule has 8 heteroatoms. The Labute approximate surface area is 146 Å². The predicted molar refractivity (Wildman–Crippen MR) is 90.0 cm³/mol. The highest BCUT2D eigenvalue weighted by Gasteiger charge is 2.30. The Morgan fingerprint density at radius 3 is 2.64 bits per heavy atom. The molecule has 1 atom stereocenters. The van der Waals surface area contributed by atoms with Gasteiger partial charge in [-0.15, -0.1) is 0 Å². The molecule has 1 aliphatic heterocycles. The molecule has 1 N–H and O–H groups in total. The van der Waals surface area contributed by atoms with Crippen LogP contribution in [0.3, 0.4) is 0 Å². The number of rotatable bonds is 4. The van der Waals surface area contributed by atoms with Crippen LogP contribution in [-0.4, -0.2) is 28.5 Å². The van der Waals surface area contributed by atoms with Gasteiger partial charge >= 0.3 is 6.18 Å². The van der Waals surface area contributed by atoms with E-state index in [0.717, 1.165) is 30.1 Å². The average Bonchev–Trinajstić information content (AvgIpc) is 3.08. The van der Waals surface area contributed by atoms with Gasteiger partial charge in [-0.2, -0.15) is 24.9 Å². The third kappa shape index (κ3) is 4.66. The number of hydrogen-bond acceptors (Lipinski definition) is 4. The maximum Gasteiger partial charge on any atom is 0.416 e. The summed E-state index contributed by atoms with van der Waals surface area (Å²) in [6.45, 7) is 0. The minimum Gasteiger partial charge on any atom is -0.473 e. The first kappa shape index (κ1) is 17.6. The van der Waals surface area contributed by atoms with Crippen molar-refractivity contribution in [2.45, 2.75) is 18.7 Å². The van der Waals surface area contributed by atoms with Crippen molar-refractivity contribution >= 4 is 23.4 Å². The summed E-state index contributed by atoms with van der Waals surface area (Å²) in [5.41, 5.74) is -0.153. The summed E-state index contributed by atoms with van der Waals surface area (Å²) in [5.74, 6) is 1.86. The van der Waals surface area contributed by atoms with E-state index in [1.54, 1.807) is 11.8 Å². The second kappa shape index (κ2) is 7.35. The molecule has 1 saturated heterocycles. The van der Waals surface area contributed by atoms with Crippen molar-refractivity contribution < 1.29 is 22.7 Å². The summed E-state index contributed by atoms with van der Waals surface area (Å²) in [7, 11) is 0. The van der Waals surface area contributed by atoms with Crippen LogP contribution in [0.25, 0.3) is 0 Å². The van der Waals surface area contributed by atoms with E-state index in [1.165, 1.54) is 30.5 Å². The largest absolute Gasteiger partial charge is 0.473 e. The zero-order chi connectivity index (χ0) is 17.9. The van der Waals surface area contributed by atoms with Gasteiger partial charge in [-0.1, -0.05) is 0 Å². The molecule has 0 radical (unpaired) electrons. The molecule has 0 unspecified atom stereocenters. The Kier molecular flexibility index (Phi) is 5.17. The third-order valence-corrected chi connectivity index (χ3v) is 4.77. The van der Waals surface area contributed by atoms with Crippen LogP contribution < -0.4 is 10.1 Å². The highest BCUT2D eigenvalue weighted by Crippen LogP contribution is 2.30. The number of anilines is 1. The minimum atomic E-state index is -4.40. The summed E-state index contributed by atoms with van der Waals surface area (Å²) in [4.78, 5) is 16.4. The molecule has 25 heavy (non-hydrogen) atoms. The molecule has 1 amide bonds. The number of pyridine rings is 1. The van der Waals surface area contributed by atoms with Crippen LogP contribution in [0.4, 0.5) is 18.9 Å². The highest BCUT2D eigenvalue weighted by molar-refractivity contribution is 7.99. The third-order valence-electron chi connectivity index (χ3n) is 3.64. The number of nitrogens with zero attached hydrogens (tertiary/aromatic N) is 1. The SMILES string of the molecule is O=C(Nc1ccc(C(F)(F)F)cc1)c1ccnc(O[C@@H]2CCSC2)c1. The Hall–Kier alpha value is -2.22. The fourth-order valence-corrected chi connectivity index (χ4v) is 3.43. The van der Waals surface area contributed by atoms with Crippen molar-refractivity contribution in [2.24, 2.45) is 0 Å². The van der Waals surface area contributed by atoms with Gasteiger partial charge in [-0.05, 0) is 42.5 Å². The van der Waals surface area contributed by atoms with Gasteiger partial charge < -0.3 is 10.1 Å². The van der Waals surface area contributed by atoms with Gasteiger partial charge in [-0.3, -0.25) is 4.79 Å². The lowest BCUT2D eigenvalue weighted by atomic mass is 10.2. The molecule has 3 rings (SSSR count). The van der Waals surface area contributed by atoms with Crippen molar-refractivity contribution in [2.75, 3.05) is 16.8 Å². The van der Waals surface area contributed by atoms with Crippen LogP contribution in [-0.2, 0) is 6.18 Å². The molecule has 2 heterocycles. The van der Waals surface area contributed by atoms with E-state index in [9.17, 15) is 18.0 Å². The van der Waals surface area contributed by atoms with Crippen LogP contribution >= 0.6 is 11.8 Å². The van der Waals surface area contributed by atoms with Gasteiger partial charge in [0.1, 0.15) is 6.10 Å². The molecule has 4 nitrogen and oxygen atoms in total. The van der Waals surface area contributed by atoms with E-state index in [1.807, 2.05) is 0 Å². The van der Waals surface area contributed by atoms with Crippen molar-refractivity contribution in [1.29, 1.82) is 0 Å². The summed E-state index contributed by atoms with van der Waals surface area (Å²) < 4.78 is 43.4. The maximum atomic E-state index is 12.5.